The Morgan fingerprint density at radius 1 is 1.40 bits per heavy atom. The first-order valence-corrected chi connectivity index (χ1v) is 9.25. The number of benzene rings is 1. The smallest absolute Gasteiger partial charge is 0.294 e. The van der Waals surface area contributed by atoms with Crippen molar-refractivity contribution >= 4 is 41.1 Å². The van der Waals surface area contributed by atoms with Crippen molar-refractivity contribution in [3.63, 3.8) is 0 Å². The van der Waals surface area contributed by atoms with E-state index in [1.54, 1.807) is 6.07 Å². The summed E-state index contributed by atoms with van der Waals surface area (Å²) in [6.07, 6.45) is 1.36. The van der Waals surface area contributed by atoms with Crippen LogP contribution in [-0.4, -0.2) is 58.6 Å². The Kier molecular flexibility index (Phi) is 6.50. The molecule has 0 bridgehead atoms. The Morgan fingerprint density at radius 2 is 2.17 bits per heavy atom. The number of nitrogens with two attached hydrogens (primary N) is 1. The lowest BCUT2D eigenvalue weighted by atomic mass is 10.2. The van der Waals surface area contributed by atoms with E-state index >= 15 is 0 Å². The van der Waals surface area contributed by atoms with Crippen LogP contribution in [0.15, 0.2) is 21.9 Å². The zero-order valence-corrected chi connectivity index (χ0v) is 17.7. The molecule has 0 unspecified atom stereocenters. The van der Waals surface area contributed by atoms with Gasteiger partial charge in [-0.05, 0) is 22.4 Å². The first-order valence-electron chi connectivity index (χ1n) is 8.50. The van der Waals surface area contributed by atoms with Crippen LogP contribution < -0.4 is 20.8 Å². The maximum Gasteiger partial charge on any atom is 0.294 e. The molecule has 3 rings (SSSR count). The van der Waals surface area contributed by atoms with Crippen LogP contribution in [0.2, 0.25) is 10.0 Å². The van der Waals surface area contributed by atoms with Crippen LogP contribution in [0.4, 0.5) is 5.82 Å². The lowest BCUT2D eigenvalue weighted by Crippen LogP contribution is -3.04. The molecule has 14 heteroatoms. The van der Waals surface area contributed by atoms with Gasteiger partial charge < -0.3 is 15.4 Å². The molecule has 2 aromatic heterocycles. The van der Waals surface area contributed by atoms with E-state index in [2.05, 4.69) is 35.8 Å². The molecule has 0 spiro atoms. The van der Waals surface area contributed by atoms with E-state index < -0.39 is 5.91 Å². The van der Waals surface area contributed by atoms with Crippen LogP contribution in [0.25, 0.3) is 5.82 Å². The first-order chi connectivity index (χ1) is 14.3. The Morgan fingerprint density at radius 3 is 2.80 bits per heavy atom. The number of hydrogen-bond donors (Lipinski definition) is 3. The topological polar surface area (TPSA) is 151 Å². The highest BCUT2D eigenvalue weighted by Gasteiger charge is 2.25. The molecular weight excluding hydrogens is 437 g/mol. The number of carbonyl (C=O) groups excluding carboxylic acids is 1. The Bertz CT molecular complexity index is 1090. The monoisotopic (exact) mass is 454 g/mol. The van der Waals surface area contributed by atoms with E-state index in [0.29, 0.717) is 33.6 Å². The van der Waals surface area contributed by atoms with Crippen LogP contribution in [0, 0.1) is 0 Å². The molecule has 0 radical (unpaired) electrons. The third-order valence-corrected chi connectivity index (χ3v) is 4.31. The Hall–Kier alpha value is -3.22. The molecule has 0 saturated heterocycles. The summed E-state index contributed by atoms with van der Waals surface area (Å²) < 4.78 is 11.1. The fourth-order valence-corrected chi connectivity index (χ4v) is 3.17. The molecule has 0 saturated carbocycles. The lowest BCUT2D eigenvalue weighted by Gasteiger charge is -2.09. The van der Waals surface area contributed by atoms with Gasteiger partial charge in [0.15, 0.2) is 5.69 Å². The first kappa shape index (κ1) is 21.5. The van der Waals surface area contributed by atoms with Crippen molar-refractivity contribution in [2.24, 2.45) is 5.10 Å². The maximum atomic E-state index is 12.7. The molecule has 158 valence electrons. The second-order valence-electron chi connectivity index (χ2n) is 6.36. The van der Waals surface area contributed by atoms with Gasteiger partial charge in [-0.15, -0.1) is 5.10 Å². The van der Waals surface area contributed by atoms with Crippen LogP contribution in [0.5, 0.6) is 5.75 Å². The summed E-state index contributed by atoms with van der Waals surface area (Å²) in [5.41, 5.74) is 9.12. The standard InChI is InChI=1S/C16H17Cl2N9O3/c1-26(2)7-11-12(21-25-27(11)15-14(19)23-30-24-15)16(28)22-20-6-8-4-9(17)5-10(18)13(8)29-3/h4-6H,7H2,1-3H3,(H2,19,23)(H,22,28)/p+1/b20-6-. The number of quaternary nitrogens is 1. The van der Waals surface area contributed by atoms with E-state index in [4.69, 9.17) is 33.7 Å². The number of nitrogens with zero attached hydrogens (tertiary/aromatic N) is 6. The highest BCUT2D eigenvalue weighted by molar-refractivity contribution is 6.36. The van der Waals surface area contributed by atoms with Gasteiger partial charge in [0, 0.05) is 10.6 Å². The molecule has 1 aromatic carbocycles. The highest BCUT2D eigenvalue weighted by atomic mass is 35.5. The number of methoxy groups -OCH3 is 1. The van der Waals surface area contributed by atoms with Crippen molar-refractivity contribution < 1.29 is 19.1 Å². The van der Waals surface area contributed by atoms with Gasteiger partial charge in [-0.2, -0.15) is 9.78 Å². The summed E-state index contributed by atoms with van der Waals surface area (Å²) in [5, 5.41) is 19.8. The van der Waals surface area contributed by atoms with Crippen molar-refractivity contribution in [1.29, 1.82) is 0 Å². The molecule has 0 atom stereocenters. The van der Waals surface area contributed by atoms with Gasteiger partial charge >= 0.3 is 0 Å². The van der Waals surface area contributed by atoms with E-state index in [1.807, 2.05) is 14.1 Å². The fourth-order valence-electron chi connectivity index (χ4n) is 2.58. The third kappa shape index (κ3) is 4.50. The summed E-state index contributed by atoms with van der Waals surface area (Å²) in [4.78, 5) is 13.7. The molecule has 3 aromatic rings. The van der Waals surface area contributed by atoms with E-state index in [-0.39, 0.29) is 17.3 Å². The number of nitrogens with one attached hydrogen (secondary N) is 2. The molecule has 30 heavy (non-hydrogen) atoms. The second-order valence-corrected chi connectivity index (χ2v) is 7.21. The number of carbonyl (C=O) groups is 1. The third-order valence-electron chi connectivity index (χ3n) is 3.81. The minimum atomic E-state index is -0.587. The molecule has 0 aliphatic carbocycles. The van der Waals surface area contributed by atoms with E-state index in [9.17, 15) is 4.79 Å². The predicted octanol–water partition coefficient (Wildman–Crippen LogP) is -0.0437. The minimum Gasteiger partial charge on any atom is -0.495 e. The van der Waals surface area contributed by atoms with Crippen molar-refractivity contribution in [1.82, 2.24) is 30.7 Å². The average Bonchev–Trinajstić information content (AvgIpc) is 3.26. The zero-order valence-electron chi connectivity index (χ0n) is 16.2. The van der Waals surface area contributed by atoms with Gasteiger partial charge in [-0.1, -0.05) is 28.4 Å². The van der Waals surface area contributed by atoms with Crippen LogP contribution in [-0.2, 0) is 6.54 Å². The second kappa shape index (κ2) is 9.07. The Balaban J connectivity index is 1.87. The Labute approximate surface area is 180 Å². The average molecular weight is 455 g/mol. The normalized spacial score (nSPS) is 11.4. The number of hydrogen-bond acceptors (Lipinski definition) is 9. The van der Waals surface area contributed by atoms with Crippen molar-refractivity contribution in [3.8, 4) is 11.6 Å². The lowest BCUT2D eigenvalue weighted by molar-refractivity contribution is -0.873. The number of amides is 1. The molecule has 1 amide bonds. The number of rotatable bonds is 7. The largest absolute Gasteiger partial charge is 0.495 e. The predicted molar refractivity (Wildman–Crippen MR) is 108 cm³/mol. The highest BCUT2D eigenvalue weighted by Crippen LogP contribution is 2.31. The summed E-state index contributed by atoms with van der Waals surface area (Å²) in [7, 11) is 5.26. The number of anilines is 1. The number of hydrazone groups is 1. The molecule has 0 fully saturated rings. The van der Waals surface area contributed by atoms with Gasteiger partial charge in [0.05, 0.1) is 32.4 Å². The molecular formula is C16H18Cl2N9O3+. The molecule has 0 aliphatic rings. The maximum absolute atomic E-state index is 12.7. The van der Waals surface area contributed by atoms with Gasteiger partial charge in [0.1, 0.15) is 18.0 Å². The van der Waals surface area contributed by atoms with E-state index in [1.165, 1.54) is 24.1 Å². The molecule has 4 N–H and O–H groups in total. The quantitative estimate of drug-likeness (QED) is 0.332. The molecule has 12 nitrogen and oxygen atoms in total. The van der Waals surface area contributed by atoms with Crippen LogP contribution in [0.1, 0.15) is 21.7 Å². The van der Waals surface area contributed by atoms with Crippen molar-refractivity contribution in [3.05, 3.63) is 39.1 Å². The summed E-state index contributed by atoms with van der Waals surface area (Å²) in [6.45, 7) is 0.392. The molecule has 0 aliphatic heterocycles. The minimum absolute atomic E-state index is 0.0183. The number of nitrogen functional groups attached to an aromatic ring is 1. The van der Waals surface area contributed by atoms with Crippen LogP contribution >= 0.6 is 23.2 Å². The molecule has 2 heterocycles. The van der Waals surface area contributed by atoms with Crippen molar-refractivity contribution in [2.75, 3.05) is 26.9 Å². The summed E-state index contributed by atoms with van der Waals surface area (Å²) in [5.74, 6) is -0.0591. The summed E-state index contributed by atoms with van der Waals surface area (Å²) >= 11 is 12.1. The SMILES string of the molecule is COc1c(Cl)cc(Cl)cc1/C=N\NC(=O)c1nnn(-c2nonc2N)c1C[NH+](C)C. The number of ether oxygens (including phenoxy) is 1. The van der Waals surface area contributed by atoms with E-state index in [0.717, 1.165) is 4.90 Å². The zero-order chi connectivity index (χ0) is 21.8. The summed E-state index contributed by atoms with van der Waals surface area (Å²) in [6, 6.07) is 3.13. The van der Waals surface area contributed by atoms with Gasteiger partial charge in [-0.25, -0.2) is 10.1 Å². The number of halogens is 2. The van der Waals surface area contributed by atoms with Gasteiger partial charge in [-0.3, -0.25) is 4.79 Å². The number of aromatic nitrogens is 5. The fraction of sp³-hybridized carbons (Fsp3) is 0.250. The van der Waals surface area contributed by atoms with Crippen molar-refractivity contribution in [2.45, 2.75) is 6.54 Å². The van der Waals surface area contributed by atoms with Gasteiger partial charge in [0.25, 0.3) is 5.91 Å². The van der Waals surface area contributed by atoms with Gasteiger partial charge in [0.2, 0.25) is 11.6 Å². The van der Waals surface area contributed by atoms with Crippen LogP contribution in [0.3, 0.4) is 0 Å².